The maximum atomic E-state index is 4.35. The molecule has 1 N–H and O–H groups in total. The summed E-state index contributed by atoms with van der Waals surface area (Å²) in [7, 11) is 0. The van der Waals surface area contributed by atoms with Crippen molar-refractivity contribution in [1.82, 2.24) is 15.0 Å². The third-order valence-corrected chi connectivity index (χ3v) is 1.91. The molecule has 0 fully saturated rings. The summed E-state index contributed by atoms with van der Waals surface area (Å²) in [5, 5.41) is 3.14. The highest BCUT2D eigenvalue weighted by Crippen LogP contribution is 2.12. The number of rotatable bonds is 3. The molecule has 2 heterocycles. The van der Waals surface area contributed by atoms with Gasteiger partial charge < -0.3 is 5.32 Å². The predicted molar refractivity (Wildman–Crippen MR) is 59.4 cm³/mol. The molecule has 0 bridgehead atoms. The van der Waals surface area contributed by atoms with Crippen molar-refractivity contribution in [1.29, 1.82) is 0 Å². The van der Waals surface area contributed by atoms with Gasteiger partial charge in [-0.2, -0.15) is 0 Å². The highest BCUT2D eigenvalue weighted by molar-refractivity contribution is 5.51. The number of anilines is 1. The van der Waals surface area contributed by atoms with Crippen LogP contribution in [-0.2, 0) is 0 Å². The number of hydrogen-bond acceptors (Lipinski definition) is 4. The van der Waals surface area contributed by atoms with E-state index >= 15 is 0 Å². The average molecular weight is 200 g/mol. The third kappa shape index (κ3) is 2.28. The van der Waals surface area contributed by atoms with Gasteiger partial charge in [0.25, 0.3) is 0 Å². The minimum Gasteiger partial charge on any atom is -0.370 e. The van der Waals surface area contributed by atoms with Crippen LogP contribution in [0.3, 0.4) is 0 Å². The number of pyridine rings is 1. The fraction of sp³-hybridized carbons (Fsp3) is 0.182. The third-order valence-electron chi connectivity index (χ3n) is 1.91. The zero-order valence-corrected chi connectivity index (χ0v) is 8.51. The highest BCUT2D eigenvalue weighted by atomic mass is 15.0. The molecule has 76 valence electrons. The molecule has 2 aromatic rings. The molecule has 0 spiro atoms. The Labute approximate surface area is 88.4 Å². The first-order valence-corrected chi connectivity index (χ1v) is 4.88. The second-order valence-corrected chi connectivity index (χ2v) is 3.01. The van der Waals surface area contributed by atoms with Crippen LogP contribution in [0.4, 0.5) is 5.82 Å². The zero-order valence-electron chi connectivity index (χ0n) is 8.51. The lowest BCUT2D eigenvalue weighted by molar-refractivity contribution is 1.10. The molecule has 0 radical (unpaired) electrons. The van der Waals surface area contributed by atoms with Crippen LogP contribution >= 0.6 is 0 Å². The molecule has 0 aromatic carbocycles. The molecule has 0 unspecified atom stereocenters. The fourth-order valence-electron chi connectivity index (χ4n) is 1.26. The van der Waals surface area contributed by atoms with E-state index in [1.807, 2.05) is 31.2 Å². The molecule has 0 atom stereocenters. The summed E-state index contributed by atoms with van der Waals surface area (Å²) in [4.78, 5) is 12.7. The van der Waals surface area contributed by atoms with Crippen molar-refractivity contribution in [3.8, 4) is 11.5 Å². The van der Waals surface area contributed by atoms with Crippen molar-refractivity contribution in [3.05, 3.63) is 36.7 Å². The Morgan fingerprint density at radius 2 is 2.07 bits per heavy atom. The summed E-state index contributed by atoms with van der Waals surface area (Å²) in [5.74, 6) is 1.47. The lowest BCUT2D eigenvalue weighted by atomic mass is 10.3. The first-order chi connectivity index (χ1) is 7.40. The second-order valence-electron chi connectivity index (χ2n) is 3.01. The summed E-state index contributed by atoms with van der Waals surface area (Å²) < 4.78 is 0. The van der Waals surface area contributed by atoms with Crippen LogP contribution in [0.15, 0.2) is 36.7 Å². The lowest BCUT2D eigenvalue weighted by Gasteiger charge is -2.03. The van der Waals surface area contributed by atoms with E-state index < -0.39 is 0 Å². The molecule has 0 saturated carbocycles. The molecule has 2 rings (SSSR count). The highest BCUT2D eigenvalue weighted by Gasteiger charge is 2.01. The molecule has 0 aliphatic carbocycles. The van der Waals surface area contributed by atoms with Gasteiger partial charge in [-0.15, -0.1) is 0 Å². The van der Waals surface area contributed by atoms with Gasteiger partial charge in [0, 0.05) is 18.9 Å². The van der Waals surface area contributed by atoms with Crippen molar-refractivity contribution in [2.45, 2.75) is 6.92 Å². The Bertz CT molecular complexity index is 428. The van der Waals surface area contributed by atoms with Crippen molar-refractivity contribution in [3.63, 3.8) is 0 Å². The Morgan fingerprint density at radius 1 is 1.13 bits per heavy atom. The van der Waals surface area contributed by atoms with Crippen LogP contribution in [0, 0.1) is 0 Å². The first kappa shape index (κ1) is 9.58. The minimum absolute atomic E-state index is 0.647. The molecule has 15 heavy (non-hydrogen) atoms. The summed E-state index contributed by atoms with van der Waals surface area (Å²) in [5.41, 5.74) is 0.789. The van der Waals surface area contributed by atoms with Crippen molar-refractivity contribution >= 4 is 5.82 Å². The Kier molecular flexibility index (Phi) is 2.88. The maximum Gasteiger partial charge on any atom is 0.180 e. The van der Waals surface area contributed by atoms with Gasteiger partial charge in [-0.1, -0.05) is 6.07 Å². The Balaban J connectivity index is 2.33. The SMILES string of the molecule is CCNc1ccnc(-c2ccccn2)n1. The van der Waals surface area contributed by atoms with Gasteiger partial charge in [-0.25, -0.2) is 9.97 Å². The molecule has 0 saturated heterocycles. The van der Waals surface area contributed by atoms with E-state index in [0.717, 1.165) is 18.1 Å². The summed E-state index contributed by atoms with van der Waals surface area (Å²) in [6.07, 6.45) is 3.47. The van der Waals surface area contributed by atoms with Gasteiger partial charge >= 0.3 is 0 Å². The van der Waals surface area contributed by atoms with Crippen molar-refractivity contribution in [2.75, 3.05) is 11.9 Å². The molecule has 4 heteroatoms. The van der Waals surface area contributed by atoms with E-state index in [1.165, 1.54) is 0 Å². The molecule has 0 amide bonds. The van der Waals surface area contributed by atoms with E-state index in [4.69, 9.17) is 0 Å². The lowest BCUT2D eigenvalue weighted by Crippen LogP contribution is -2.01. The number of aromatic nitrogens is 3. The van der Waals surface area contributed by atoms with Crippen molar-refractivity contribution in [2.24, 2.45) is 0 Å². The number of nitrogens with zero attached hydrogens (tertiary/aromatic N) is 3. The van der Waals surface area contributed by atoms with Crippen LogP contribution in [0.5, 0.6) is 0 Å². The quantitative estimate of drug-likeness (QED) is 0.823. The maximum absolute atomic E-state index is 4.35. The molecule has 0 aliphatic rings. The summed E-state index contributed by atoms with van der Waals surface area (Å²) in [6.45, 7) is 2.88. The average Bonchev–Trinajstić information content (AvgIpc) is 2.31. The number of hydrogen-bond donors (Lipinski definition) is 1. The van der Waals surface area contributed by atoms with Crippen LogP contribution in [0.25, 0.3) is 11.5 Å². The Hall–Kier alpha value is -1.97. The fourth-order valence-corrected chi connectivity index (χ4v) is 1.26. The molecule has 4 nitrogen and oxygen atoms in total. The second kappa shape index (κ2) is 4.50. The smallest absolute Gasteiger partial charge is 0.180 e. The van der Waals surface area contributed by atoms with Gasteiger partial charge in [0.15, 0.2) is 5.82 Å². The summed E-state index contributed by atoms with van der Waals surface area (Å²) in [6, 6.07) is 7.53. The molecule has 2 aromatic heterocycles. The number of nitrogens with one attached hydrogen (secondary N) is 1. The monoisotopic (exact) mass is 200 g/mol. The molecular weight excluding hydrogens is 188 g/mol. The minimum atomic E-state index is 0.647. The van der Waals surface area contributed by atoms with Crippen molar-refractivity contribution < 1.29 is 0 Å². The van der Waals surface area contributed by atoms with E-state index in [2.05, 4.69) is 20.3 Å². The van der Waals surface area contributed by atoms with Gasteiger partial charge in [0.1, 0.15) is 11.5 Å². The van der Waals surface area contributed by atoms with Crippen LogP contribution in [-0.4, -0.2) is 21.5 Å². The van der Waals surface area contributed by atoms with Crippen LogP contribution < -0.4 is 5.32 Å². The topological polar surface area (TPSA) is 50.7 Å². The first-order valence-electron chi connectivity index (χ1n) is 4.88. The predicted octanol–water partition coefficient (Wildman–Crippen LogP) is 1.97. The van der Waals surface area contributed by atoms with E-state index in [9.17, 15) is 0 Å². The molecular formula is C11H12N4. The Morgan fingerprint density at radius 3 is 2.80 bits per heavy atom. The van der Waals surface area contributed by atoms with Gasteiger partial charge in [0.05, 0.1) is 0 Å². The van der Waals surface area contributed by atoms with Gasteiger partial charge in [-0.05, 0) is 25.1 Å². The molecule has 0 aliphatic heterocycles. The standard InChI is InChI=1S/C11H12N4/c1-2-12-10-6-8-14-11(15-10)9-5-3-4-7-13-9/h3-8H,2H2,1H3,(H,12,14,15). The normalized spacial score (nSPS) is 9.93. The van der Waals surface area contributed by atoms with E-state index in [0.29, 0.717) is 5.82 Å². The van der Waals surface area contributed by atoms with Crippen LogP contribution in [0.2, 0.25) is 0 Å². The van der Waals surface area contributed by atoms with Crippen LogP contribution in [0.1, 0.15) is 6.92 Å². The van der Waals surface area contributed by atoms with E-state index in [1.54, 1.807) is 12.4 Å². The van der Waals surface area contributed by atoms with Gasteiger partial charge in [-0.3, -0.25) is 4.98 Å². The summed E-state index contributed by atoms with van der Waals surface area (Å²) >= 11 is 0. The zero-order chi connectivity index (χ0) is 10.5. The largest absolute Gasteiger partial charge is 0.370 e. The van der Waals surface area contributed by atoms with Gasteiger partial charge in [0.2, 0.25) is 0 Å². The van der Waals surface area contributed by atoms with E-state index in [-0.39, 0.29) is 0 Å².